The summed E-state index contributed by atoms with van der Waals surface area (Å²) in [4.78, 5) is 4.53. The van der Waals surface area contributed by atoms with Crippen molar-refractivity contribution in [2.24, 2.45) is 0 Å². The van der Waals surface area contributed by atoms with Crippen LogP contribution in [0.5, 0.6) is 0 Å². The van der Waals surface area contributed by atoms with Gasteiger partial charge in [0.15, 0.2) is 0 Å². The molecule has 0 saturated heterocycles. The lowest BCUT2D eigenvalue weighted by molar-refractivity contribution is 0.583. The fraction of sp³-hybridized carbons (Fsp3) is 0.429. The predicted octanol–water partition coefficient (Wildman–Crippen LogP) is 2.11. The molecule has 120 valence electrons. The molecule has 1 aromatic carbocycles. The summed E-state index contributed by atoms with van der Waals surface area (Å²) in [6, 6.07) is 3.76. The van der Waals surface area contributed by atoms with Gasteiger partial charge in [-0.2, -0.15) is 0 Å². The Bertz CT molecular complexity index is 746. The summed E-state index contributed by atoms with van der Waals surface area (Å²) in [6.07, 6.45) is 0. The molecule has 0 radical (unpaired) electrons. The highest BCUT2D eigenvalue weighted by Crippen LogP contribution is 2.21. The molecule has 6 nitrogen and oxygen atoms in total. The van der Waals surface area contributed by atoms with Crippen LogP contribution in [0.1, 0.15) is 22.5 Å². The molecule has 0 atom stereocenters. The number of hydrogen-bond donors (Lipinski definition) is 2. The van der Waals surface area contributed by atoms with Gasteiger partial charge in [-0.25, -0.2) is 18.1 Å². The van der Waals surface area contributed by atoms with E-state index in [2.05, 4.69) is 19.9 Å². The monoisotopic (exact) mass is 340 g/mol. The van der Waals surface area contributed by atoms with Gasteiger partial charge in [-0.3, -0.25) is 5.10 Å². The number of H-pyrrole nitrogens is 1. The van der Waals surface area contributed by atoms with Crippen molar-refractivity contribution in [3.63, 3.8) is 0 Å². The van der Waals surface area contributed by atoms with Crippen molar-refractivity contribution in [1.82, 2.24) is 19.9 Å². The van der Waals surface area contributed by atoms with Gasteiger partial charge >= 0.3 is 0 Å². The van der Waals surface area contributed by atoms with Gasteiger partial charge in [-0.05, 0) is 38.8 Å². The number of benzene rings is 1. The molecule has 0 spiro atoms. The molecule has 22 heavy (non-hydrogen) atoms. The maximum Gasteiger partial charge on any atom is 0.241 e. The lowest BCUT2D eigenvalue weighted by Crippen LogP contribution is -2.27. The largest absolute Gasteiger partial charge is 0.262 e. The first kappa shape index (κ1) is 17.0. The van der Waals surface area contributed by atoms with Gasteiger partial charge < -0.3 is 0 Å². The molecule has 0 unspecified atom stereocenters. The maximum absolute atomic E-state index is 12.4. The fourth-order valence-electron chi connectivity index (χ4n) is 2.37. The topological polar surface area (TPSA) is 87.7 Å². The third-order valence-electron chi connectivity index (χ3n) is 3.08. The molecule has 2 N–H and O–H groups in total. The third kappa shape index (κ3) is 4.08. The summed E-state index contributed by atoms with van der Waals surface area (Å²) < 4.78 is 27.5. The van der Waals surface area contributed by atoms with E-state index >= 15 is 0 Å². The second kappa shape index (κ2) is 6.80. The second-order valence-corrected chi connectivity index (χ2v) is 7.94. The molecule has 1 aromatic heterocycles. The summed E-state index contributed by atoms with van der Waals surface area (Å²) in [5, 5.41) is 7.37. The van der Waals surface area contributed by atoms with Crippen molar-refractivity contribution < 1.29 is 8.42 Å². The second-order valence-electron chi connectivity index (χ2n) is 5.18. The van der Waals surface area contributed by atoms with Crippen LogP contribution in [0.4, 0.5) is 0 Å². The highest BCUT2D eigenvalue weighted by atomic mass is 32.2. The Morgan fingerprint density at radius 3 is 2.36 bits per heavy atom. The van der Waals surface area contributed by atoms with Crippen LogP contribution in [-0.2, 0) is 10.0 Å². The molecular weight excluding hydrogens is 320 g/mol. The van der Waals surface area contributed by atoms with Crippen LogP contribution in [-0.4, -0.2) is 35.9 Å². The minimum absolute atomic E-state index is 0.327. The number of aromatic nitrogens is 3. The van der Waals surface area contributed by atoms with Crippen LogP contribution in [0.15, 0.2) is 22.2 Å². The number of hydrogen-bond acceptors (Lipinski definition) is 5. The zero-order chi connectivity index (χ0) is 16.3. The summed E-state index contributed by atoms with van der Waals surface area (Å²) >= 11 is 1.41. The van der Waals surface area contributed by atoms with Crippen LogP contribution < -0.4 is 4.72 Å². The number of aromatic amines is 1. The van der Waals surface area contributed by atoms with E-state index in [0.717, 1.165) is 22.5 Å². The standard InChI is InChI=1S/C14H20N4O2S2/c1-9-7-10(2)13(11(3)8-9)22(19,20)15-5-6-21-14-16-12(4)17-18-14/h7-8,15H,5-6H2,1-4H3,(H,16,17,18). The molecule has 2 aromatic rings. The van der Waals surface area contributed by atoms with Gasteiger partial charge in [0.05, 0.1) is 4.90 Å². The molecule has 0 aliphatic rings. The smallest absolute Gasteiger partial charge is 0.241 e. The van der Waals surface area contributed by atoms with Crippen LogP contribution >= 0.6 is 11.8 Å². The zero-order valence-corrected chi connectivity index (χ0v) is 14.7. The first-order chi connectivity index (χ1) is 10.3. The lowest BCUT2D eigenvalue weighted by atomic mass is 10.1. The fourth-order valence-corrected chi connectivity index (χ4v) is 4.68. The van der Waals surface area contributed by atoms with Crippen LogP contribution in [0.2, 0.25) is 0 Å². The van der Waals surface area contributed by atoms with Gasteiger partial charge in [0.2, 0.25) is 15.2 Å². The summed E-state index contributed by atoms with van der Waals surface area (Å²) in [5.41, 5.74) is 2.59. The number of nitrogens with one attached hydrogen (secondary N) is 2. The van der Waals surface area contributed by atoms with Gasteiger partial charge in [0, 0.05) is 12.3 Å². The number of nitrogens with zero attached hydrogens (tertiary/aromatic N) is 2. The van der Waals surface area contributed by atoms with Crippen LogP contribution in [0.25, 0.3) is 0 Å². The van der Waals surface area contributed by atoms with E-state index in [4.69, 9.17) is 0 Å². The first-order valence-electron chi connectivity index (χ1n) is 6.89. The van der Waals surface area contributed by atoms with Gasteiger partial charge in [0.25, 0.3) is 0 Å². The van der Waals surface area contributed by atoms with Gasteiger partial charge in [-0.15, -0.1) is 5.10 Å². The molecule has 2 rings (SSSR count). The Kier molecular flexibility index (Phi) is 5.25. The number of sulfonamides is 1. The molecule has 1 heterocycles. The van der Waals surface area contributed by atoms with Crippen molar-refractivity contribution in [3.05, 3.63) is 34.6 Å². The van der Waals surface area contributed by atoms with Crippen LogP contribution in [0, 0.1) is 27.7 Å². The molecule has 0 amide bonds. The van der Waals surface area contributed by atoms with Crippen molar-refractivity contribution >= 4 is 21.8 Å². The molecule has 0 aliphatic carbocycles. The van der Waals surface area contributed by atoms with Crippen molar-refractivity contribution in [3.8, 4) is 0 Å². The van der Waals surface area contributed by atoms with Crippen LogP contribution in [0.3, 0.4) is 0 Å². The van der Waals surface area contributed by atoms with Gasteiger partial charge in [0.1, 0.15) is 5.82 Å². The average molecular weight is 340 g/mol. The summed E-state index contributed by atoms with van der Waals surface area (Å²) in [6.45, 7) is 7.74. The molecule has 8 heteroatoms. The zero-order valence-electron chi connectivity index (χ0n) is 13.1. The van der Waals surface area contributed by atoms with E-state index < -0.39 is 10.0 Å². The Morgan fingerprint density at radius 1 is 1.18 bits per heavy atom. The molecule has 0 fully saturated rings. The Morgan fingerprint density at radius 2 is 1.82 bits per heavy atom. The molecule has 0 aliphatic heterocycles. The number of aryl methyl sites for hydroxylation is 4. The lowest BCUT2D eigenvalue weighted by Gasteiger charge is -2.12. The first-order valence-corrected chi connectivity index (χ1v) is 9.36. The van der Waals surface area contributed by atoms with Crippen molar-refractivity contribution in [2.75, 3.05) is 12.3 Å². The quantitative estimate of drug-likeness (QED) is 0.621. The van der Waals surface area contributed by atoms with E-state index in [-0.39, 0.29) is 0 Å². The van der Waals surface area contributed by atoms with Crippen molar-refractivity contribution in [2.45, 2.75) is 37.7 Å². The predicted molar refractivity (Wildman–Crippen MR) is 87.7 cm³/mol. The highest BCUT2D eigenvalue weighted by Gasteiger charge is 2.19. The minimum atomic E-state index is -3.50. The van der Waals surface area contributed by atoms with E-state index in [1.807, 2.05) is 39.8 Å². The SMILES string of the molecule is Cc1cc(C)c(S(=O)(=O)NCCSc2n[nH]c(C)n2)c(C)c1. The highest BCUT2D eigenvalue weighted by molar-refractivity contribution is 7.99. The van der Waals surface area contributed by atoms with Gasteiger partial charge in [-0.1, -0.05) is 29.5 Å². The number of thioether (sulfide) groups is 1. The summed E-state index contributed by atoms with van der Waals surface area (Å²) in [7, 11) is -3.50. The molecular formula is C14H20N4O2S2. The molecule has 0 saturated carbocycles. The normalized spacial score (nSPS) is 11.8. The Hall–Kier alpha value is -1.38. The third-order valence-corrected chi connectivity index (χ3v) is 5.69. The number of rotatable bonds is 6. The average Bonchev–Trinajstić information content (AvgIpc) is 2.79. The Balaban J connectivity index is 2.00. The van der Waals surface area contributed by atoms with E-state index in [0.29, 0.717) is 22.3 Å². The summed E-state index contributed by atoms with van der Waals surface area (Å²) in [5.74, 6) is 1.31. The minimum Gasteiger partial charge on any atom is -0.262 e. The van der Waals surface area contributed by atoms with E-state index in [1.165, 1.54) is 11.8 Å². The Labute approximate surface area is 135 Å². The van der Waals surface area contributed by atoms with E-state index in [9.17, 15) is 8.42 Å². The van der Waals surface area contributed by atoms with Crippen molar-refractivity contribution in [1.29, 1.82) is 0 Å². The molecule has 0 bridgehead atoms. The maximum atomic E-state index is 12.4. The van der Waals surface area contributed by atoms with E-state index in [1.54, 1.807) is 0 Å².